The standard InChI is InChI=1S/C39H51NO7/c1-8-9-11-17-30(31-18-14-19-34(44-6)38(31)45-7)25-35(41)40-33-24-29(20-21-32(33)39(3,4)5)27(2)47-37(43)23-22-36(42)46-26-28-15-12-10-13-16-28/h10,12-16,18-21,24,27,30H,8-9,11,17,22-23,25-26H2,1-7H3,(H,40,41). The summed E-state index contributed by atoms with van der Waals surface area (Å²) in [5.74, 6) is 0.159. The zero-order valence-corrected chi connectivity index (χ0v) is 29.0. The summed E-state index contributed by atoms with van der Waals surface area (Å²) in [6.07, 6.45) is 3.51. The van der Waals surface area contributed by atoms with E-state index in [1.807, 2.05) is 66.7 Å². The Balaban J connectivity index is 1.71. The Morgan fingerprint density at radius 1 is 0.851 bits per heavy atom. The third-order valence-corrected chi connectivity index (χ3v) is 8.14. The lowest BCUT2D eigenvalue weighted by molar-refractivity contribution is -0.153. The van der Waals surface area contributed by atoms with Crippen molar-refractivity contribution in [2.75, 3.05) is 19.5 Å². The molecule has 0 saturated heterocycles. The molecule has 8 nitrogen and oxygen atoms in total. The predicted octanol–water partition coefficient (Wildman–Crippen LogP) is 8.82. The van der Waals surface area contributed by atoms with Gasteiger partial charge in [-0.25, -0.2) is 0 Å². The van der Waals surface area contributed by atoms with Crippen molar-refractivity contribution in [3.63, 3.8) is 0 Å². The number of para-hydroxylation sites is 1. The first kappa shape index (κ1) is 37.1. The Bertz CT molecular complexity index is 1460. The van der Waals surface area contributed by atoms with Crippen LogP contribution in [0.1, 0.15) is 114 Å². The molecule has 0 heterocycles. The zero-order valence-electron chi connectivity index (χ0n) is 29.0. The topological polar surface area (TPSA) is 100 Å². The van der Waals surface area contributed by atoms with Gasteiger partial charge in [-0.1, -0.05) is 102 Å². The molecule has 8 heteroatoms. The average molecular weight is 646 g/mol. The van der Waals surface area contributed by atoms with Gasteiger partial charge in [-0.05, 0) is 53.5 Å². The lowest BCUT2D eigenvalue weighted by atomic mass is 9.84. The second-order valence-corrected chi connectivity index (χ2v) is 12.9. The number of anilines is 1. The molecule has 0 aliphatic rings. The van der Waals surface area contributed by atoms with Gasteiger partial charge in [0.1, 0.15) is 12.7 Å². The lowest BCUT2D eigenvalue weighted by Gasteiger charge is -2.26. The highest BCUT2D eigenvalue weighted by Gasteiger charge is 2.25. The predicted molar refractivity (Wildman–Crippen MR) is 185 cm³/mol. The van der Waals surface area contributed by atoms with E-state index in [0.717, 1.165) is 47.9 Å². The van der Waals surface area contributed by atoms with E-state index in [2.05, 4.69) is 33.0 Å². The van der Waals surface area contributed by atoms with Crippen LogP contribution in [-0.4, -0.2) is 32.1 Å². The zero-order chi connectivity index (χ0) is 34.4. The number of ether oxygens (including phenoxy) is 4. The van der Waals surface area contributed by atoms with Crippen LogP contribution in [-0.2, 0) is 35.9 Å². The molecule has 1 amide bonds. The molecule has 0 fully saturated rings. The first-order valence-electron chi connectivity index (χ1n) is 16.5. The van der Waals surface area contributed by atoms with E-state index in [9.17, 15) is 14.4 Å². The van der Waals surface area contributed by atoms with Crippen LogP contribution in [0.3, 0.4) is 0 Å². The molecule has 0 spiro atoms. The molecule has 3 rings (SSSR count). The van der Waals surface area contributed by atoms with Crippen molar-refractivity contribution in [2.24, 2.45) is 0 Å². The van der Waals surface area contributed by atoms with Gasteiger partial charge >= 0.3 is 11.9 Å². The summed E-state index contributed by atoms with van der Waals surface area (Å²) in [5, 5.41) is 3.18. The molecule has 3 aromatic carbocycles. The Morgan fingerprint density at radius 2 is 1.57 bits per heavy atom. The Morgan fingerprint density at radius 3 is 2.23 bits per heavy atom. The van der Waals surface area contributed by atoms with Crippen molar-refractivity contribution in [1.82, 2.24) is 0 Å². The Labute approximate surface area is 280 Å². The second-order valence-electron chi connectivity index (χ2n) is 12.9. The molecule has 0 aliphatic heterocycles. The minimum absolute atomic E-state index is 0.0628. The summed E-state index contributed by atoms with van der Waals surface area (Å²) in [7, 11) is 3.23. The van der Waals surface area contributed by atoms with Crippen LogP contribution in [0.2, 0.25) is 0 Å². The van der Waals surface area contributed by atoms with Crippen molar-refractivity contribution < 1.29 is 33.3 Å². The van der Waals surface area contributed by atoms with Crippen molar-refractivity contribution in [1.29, 1.82) is 0 Å². The minimum atomic E-state index is -0.588. The number of methoxy groups -OCH3 is 2. The van der Waals surface area contributed by atoms with Gasteiger partial charge in [0, 0.05) is 17.7 Å². The number of esters is 2. The highest BCUT2D eigenvalue weighted by molar-refractivity contribution is 5.92. The maximum atomic E-state index is 13.7. The fourth-order valence-corrected chi connectivity index (χ4v) is 5.58. The number of amides is 1. The summed E-state index contributed by atoms with van der Waals surface area (Å²) in [6.45, 7) is 10.4. The number of rotatable bonds is 17. The Kier molecular flexibility index (Phi) is 14.3. The summed E-state index contributed by atoms with van der Waals surface area (Å²) in [5.41, 5.74) is 3.96. The molecule has 0 saturated carbocycles. The van der Waals surface area contributed by atoms with Gasteiger partial charge in [0.05, 0.1) is 27.1 Å². The van der Waals surface area contributed by atoms with E-state index in [1.54, 1.807) is 21.1 Å². The number of hydrogen-bond donors (Lipinski definition) is 1. The number of nitrogens with one attached hydrogen (secondary N) is 1. The SMILES string of the molecule is CCCCCC(CC(=O)Nc1cc(C(C)OC(=O)CCC(=O)OCc2ccccc2)ccc1C(C)(C)C)c1cccc(OC)c1OC. The highest BCUT2D eigenvalue weighted by atomic mass is 16.5. The van der Waals surface area contributed by atoms with Gasteiger partial charge in [-0.2, -0.15) is 0 Å². The monoisotopic (exact) mass is 645 g/mol. The maximum Gasteiger partial charge on any atom is 0.306 e. The third-order valence-electron chi connectivity index (χ3n) is 8.14. The van der Waals surface area contributed by atoms with Crippen LogP contribution in [0, 0.1) is 0 Å². The number of carbonyl (C=O) groups excluding carboxylic acids is 3. The molecule has 0 bridgehead atoms. The van der Waals surface area contributed by atoms with Gasteiger partial charge in [0.2, 0.25) is 5.91 Å². The molecule has 254 valence electrons. The molecule has 47 heavy (non-hydrogen) atoms. The van der Waals surface area contributed by atoms with Gasteiger partial charge in [0.25, 0.3) is 0 Å². The smallest absolute Gasteiger partial charge is 0.306 e. The average Bonchev–Trinajstić information content (AvgIpc) is 3.05. The van der Waals surface area contributed by atoms with Crippen LogP contribution >= 0.6 is 0 Å². The van der Waals surface area contributed by atoms with E-state index in [-0.39, 0.29) is 43.1 Å². The molecule has 1 N–H and O–H groups in total. The fourth-order valence-electron chi connectivity index (χ4n) is 5.58. The second kappa shape index (κ2) is 18.1. The molecule has 2 unspecified atom stereocenters. The fraction of sp³-hybridized carbons (Fsp3) is 0.462. The van der Waals surface area contributed by atoms with E-state index in [1.165, 1.54) is 0 Å². The van der Waals surface area contributed by atoms with E-state index < -0.39 is 18.0 Å². The summed E-state index contributed by atoms with van der Waals surface area (Å²) in [4.78, 5) is 38.5. The van der Waals surface area contributed by atoms with E-state index >= 15 is 0 Å². The number of carbonyl (C=O) groups is 3. The largest absolute Gasteiger partial charge is 0.493 e. The Hall–Kier alpha value is -4.33. The molecule has 2 atom stereocenters. The molecule has 0 aromatic heterocycles. The van der Waals surface area contributed by atoms with Gasteiger partial charge in [-0.3, -0.25) is 14.4 Å². The van der Waals surface area contributed by atoms with Gasteiger partial charge < -0.3 is 24.3 Å². The van der Waals surface area contributed by atoms with Gasteiger partial charge in [-0.15, -0.1) is 0 Å². The van der Waals surface area contributed by atoms with Crippen molar-refractivity contribution >= 4 is 23.5 Å². The van der Waals surface area contributed by atoms with E-state index in [0.29, 0.717) is 17.2 Å². The van der Waals surface area contributed by atoms with Crippen LogP contribution in [0.15, 0.2) is 66.7 Å². The highest BCUT2D eigenvalue weighted by Crippen LogP contribution is 2.40. The summed E-state index contributed by atoms with van der Waals surface area (Å²) in [6, 6.07) is 20.9. The summed E-state index contributed by atoms with van der Waals surface area (Å²) < 4.78 is 22.2. The van der Waals surface area contributed by atoms with Crippen LogP contribution in [0.25, 0.3) is 0 Å². The molecular weight excluding hydrogens is 594 g/mol. The normalized spacial score (nSPS) is 12.5. The van der Waals surface area contributed by atoms with Crippen LogP contribution in [0.4, 0.5) is 5.69 Å². The maximum absolute atomic E-state index is 13.7. The van der Waals surface area contributed by atoms with Crippen LogP contribution in [0.5, 0.6) is 11.5 Å². The first-order valence-corrected chi connectivity index (χ1v) is 16.5. The minimum Gasteiger partial charge on any atom is -0.493 e. The quantitative estimate of drug-likeness (QED) is 0.116. The molecular formula is C39H51NO7. The van der Waals surface area contributed by atoms with Gasteiger partial charge in [0.15, 0.2) is 11.5 Å². The van der Waals surface area contributed by atoms with E-state index in [4.69, 9.17) is 18.9 Å². The van der Waals surface area contributed by atoms with Crippen molar-refractivity contribution in [3.05, 3.63) is 89.0 Å². The summed E-state index contributed by atoms with van der Waals surface area (Å²) >= 11 is 0. The van der Waals surface area contributed by atoms with Crippen LogP contribution < -0.4 is 14.8 Å². The molecule has 3 aromatic rings. The first-order chi connectivity index (χ1) is 22.5. The van der Waals surface area contributed by atoms with Crippen molar-refractivity contribution in [2.45, 2.75) is 104 Å². The number of unbranched alkanes of at least 4 members (excludes halogenated alkanes) is 2. The number of hydrogen-bond acceptors (Lipinski definition) is 7. The number of benzene rings is 3. The third kappa shape index (κ3) is 11.5. The molecule has 0 aliphatic carbocycles. The molecule has 0 radical (unpaired) electrons. The lowest BCUT2D eigenvalue weighted by Crippen LogP contribution is -2.21. The van der Waals surface area contributed by atoms with Crippen molar-refractivity contribution in [3.8, 4) is 11.5 Å².